The number of nitrogens with one attached hydrogen (secondary N) is 1. The zero-order valence-electron chi connectivity index (χ0n) is 9.69. The highest BCUT2D eigenvalue weighted by molar-refractivity contribution is 7.91. The van der Waals surface area contributed by atoms with Gasteiger partial charge in [0.15, 0.2) is 9.84 Å². The first-order valence-electron chi connectivity index (χ1n) is 6.18. The van der Waals surface area contributed by atoms with Gasteiger partial charge in [-0.3, -0.25) is 0 Å². The normalized spacial score (nSPS) is 30.1. The molecule has 1 N–H and O–H groups in total. The smallest absolute Gasteiger partial charge is 0.151 e. The van der Waals surface area contributed by atoms with Crippen LogP contribution in [-0.2, 0) is 9.84 Å². The molecular formula is C12H21NO2S. The molecule has 0 aromatic rings. The maximum Gasteiger partial charge on any atom is 0.151 e. The Kier molecular flexibility index (Phi) is 3.70. The van der Waals surface area contributed by atoms with Crippen LogP contribution in [-0.4, -0.2) is 32.0 Å². The molecule has 2 aliphatic rings. The van der Waals surface area contributed by atoms with E-state index in [2.05, 4.69) is 11.9 Å². The maximum absolute atomic E-state index is 11.4. The molecule has 1 aliphatic carbocycles. The van der Waals surface area contributed by atoms with E-state index in [0.29, 0.717) is 17.5 Å². The predicted molar refractivity (Wildman–Crippen MR) is 66.1 cm³/mol. The minimum Gasteiger partial charge on any atom is -0.310 e. The van der Waals surface area contributed by atoms with E-state index in [4.69, 9.17) is 0 Å². The topological polar surface area (TPSA) is 46.2 Å². The number of rotatable bonds is 6. The van der Waals surface area contributed by atoms with Crippen LogP contribution in [0.15, 0.2) is 12.7 Å². The van der Waals surface area contributed by atoms with Gasteiger partial charge in [-0.05, 0) is 38.0 Å². The van der Waals surface area contributed by atoms with Crippen molar-refractivity contribution in [1.82, 2.24) is 5.32 Å². The molecule has 0 spiro atoms. The summed E-state index contributed by atoms with van der Waals surface area (Å²) >= 11 is 0. The lowest BCUT2D eigenvalue weighted by Crippen LogP contribution is -2.40. The second kappa shape index (κ2) is 4.88. The minimum absolute atomic E-state index is 0.195. The van der Waals surface area contributed by atoms with Crippen molar-refractivity contribution in [2.24, 2.45) is 5.92 Å². The average Bonchev–Trinajstić information content (AvgIpc) is 2.99. The van der Waals surface area contributed by atoms with Gasteiger partial charge in [0.25, 0.3) is 0 Å². The van der Waals surface area contributed by atoms with Crippen LogP contribution in [0.2, 0.25) is 0 Å². The third kappa shape index (κ3) is 3.32. The van der Waals surface area contributed by atoms with Crippen LogP contribution in [0.5, 0.6) is 0 Å². The Morgan fingerprint density at radius 2 is 2.12 bits per heavy atom. The molecule has 1 saturated carbocycles. The molecule has 2 atom stereocenters. The van der Waals surface area contributed by atoms with Gasteiger partial charge in [-0.2, -0.15) is 0 Å². The molecule has 0 bridgehead atoms. The van der Waals surface area contributed by atoms with E-state index in [1.165, 1.54) is 12.8 Å². The molecular weight excluding hydrogens is 222 g/mol. The van der Waals surface area contributed by atoms with E-state index >= 15 is 0 Å². The molecule has 0 amide bonds. The first-order valence-corrected chi connectivity index (χ1v) is 8.00. The summed E-state index contributed by atoms with van der Waals surface area (Å²) < 4.78 is 22.7. The van der Waals surface area contributed by atoms with Gasteiger partial charge in [-0.15, -0.1) is 6.58 Å². The Hall–Kier alpha value is -0.350. The van der Waals surface area contributed by atoms with Gasteiger partial charge in [0, 0.05) is 12.1 Å². The lowest BCUT2D eigenvalue weighted by molar-refractivity contribution is 0.392. The standard InChI is InChI=1S/C12H21NO2S/c1-2-3-4-12(10-5-6-10)13-11-7-8-16(14,15)9-11/h2,10-13H,1,3-9H2. The average molecular weight is 243 g/mol. The highest BCUT2D eigenvalue weighted by atomic mass is 32.2. The third-order valence-electron chi connectivity index (χ3n) is 3.56. The van der Waals surface area contributed by atoms with Crippen LogP contribution in [0.4, 0.5) is 0 Å². The fourth-order valence-corrected chi connectivity index (χ4v) is 4.17. The summed E-state index contributed by atoms with van der Waals surface area (Å²) in [4.78, 5) is 0. The Morgan fingerprint density at radius 3 is 2.62 bits per heavy atom. The van der Waals surface area contributed by atoms with Crippen LogP contribution in [0, 0.1) is 5.92 Å². The summed E-state index contributed by atoms with van der Waals surface area (Å²) in [5, 5.41) is 3.54. The van der Waals surface area contributed by atoms with Gasteiger partial charge < -0.3 is 5.32 Å². The number of hydrogen-bond donors (Lipinski definition) is 1. The first-order chi connectivity index (χ1) is 7.61. The fraction of sp³-hybridized carbons (Fsp3) is 0.833. The summed E-state index contributed by atoms with van der Waals surface area (Å²) in [6.45, 7) is 3.74. The van der Waals surface area contributed by atoms with Crippen molar-refractivity contribution >= 4 is 9.84 Å². The van der Waals surface area contributed by atoms with E-state index in [0.717, 1.165) is 25.2 Å². The van der Waals surface area contributed by atoms with E-state index in [1.54, 1.807) is 0 Å². The highest BCUT2D eigenvalue weighted by Crippen LogP contribution is 2.35. The van der Waals surface area contributed by atoms with Gasteiger partial charge in [-0.1, -0.05) is 6.08 Å². The maximum atomic E-state index is 11.4. The Labute approximate surface area is 98.2 Å². The largest absolute Gasteiger partial charge is 0.310 e. The van der Waals surface area contributed by atoms with Crippen molar-refractivity contribution in [2.75, 3.05) is 11.5 Å². The molecule has 4 heteroatoms. The SMILES string of the molecule is C=CCCC(NC1CCS(=O)(=O)C1)C1CC1. The van der Waals surface area contributed by atoms with Gasteiger partial charge in [-0.25, -0.2) is 8.42 Å². The molecule has 3 nitrogen and oxygen atoms in total. The van der Waals surface area contributed by atoms with Crippen LogP contribution in [0.25, 0.3) is 0 Å². The molecule has 2 unspecified atom stereocenters. The summed E-state index contributed by atoms with van der Waals surface area (Å²) in [7, 11) is -2.75. The highest BCUT2D eigenvalue weighted by Gasteiger charge is 2.35. The predicted octanol–water partition coefficient (Wildman–Crippen LogP) is 1.51. The van der Waals surface area contributed by atoms with E-state index < -0.39 is 9.84 Å². The zero-order chi connectivity index (χ0) is 11.6. The quantitative estimate of drug-likeness (QED) is 0.719. The van der Waals surface area contributed by atoms with Gasteiger partial charge in [0.1, 0.15) is 0 Å². The lowest BCUT2D eigenvalue weighted by Gasteiger charge is -2.21. The molecule has 2 rings (SSSR count). The Bertz CT molecular complexity index is 346. The third-order valence-corrected chi connectivity index (χ3v) is 5.32. The van der Waals surface area contributed by atoms with Crippen molar-refractivity contribution in [3.8, 4) is 0 Å². The van der Waals surface area contributed by atoms with Gasteiger partial charge in [0.2, 0.25) is 0 Å². The molecule has 0 aromatic carbocycles. The Morgan fingerprint density at radius 1 is 1.38 bits per heavy atom. The van der Waals surface area contributed by atoms with Crippen LogP contribution >= 0.6 is 0 Å². The Balaban J connectivity index is 1.83. The summed E-state index contributed by atoms with van der Waals surface area (Å²) in [5.74, 6) is 1.48. The first kappa shape index (κ1) is 12.1. The van der Waals surface area contributed by atoms with E-state index in [1.807, 2.05) is 6.08 Å². The van der Waals surface area contributed by atoms with Crippen molar-refractivity contribution < 1.29 is 8.42 Å². The van der Waals surface area contributed by atoms with Crippen LogP contribution in [0.1, 0.15) is 32.1 Å². The van der Waals surface area contributed by atoms with E-state index in [-0.39, 0.29) is 6.04 Å². The van der Waals surface area contributed by atoms with E-state index in [9.17, 15) is 8.42 Å². The van der Waals surface area contributed by atoms with Crippen molar-refractivity contribution in [3.63, 3.8) is 0 Å². The monoisotopic (exact) mass is 243 g/mol. The molecule has 1 saturated heterocycles. The van der Waals surface area contributed by atoms with Crippen LogP contribution < -0.4 is 5.32 Å². The molecule has 0 aromatic heterocycles. The minimum atomic E-state index is -2.75. The number of hydrogen-bond acceptors (Lipinski definition) is 3. The summed E-state index contributed by atoms with van der Waals surface area (Å²) in [6.07, 6.45) is 7.46. The zero-order valence-corrected chi connectivity index (χ0v) is 10.5. The fourth-order valence-electron chi connectivity index (χ4n) is 2.48. The molecule has 0 radical (unpaired) electrons. The second-order valence-corrected chi connectivity index (χ2v) is 7.31. The number of allylic oxidation sites excluding steroid dienone is 1. The second-order valence-electron chi connectivity index (χ2n) is 5.08. The summed E-state index contributed by atoms with van der Waals surface area (Å²) in [6, 6.07) is 0.705. The lowest BCUT2D eigenvalue weighted by atomic mass is 10.0. The van der Waals surface area contributed by atoms with Crippen molar-refractivity contribution in [3.05, 3.63) is 12.7 Å². The molecule has 16 heavy (non-hydrogen) atoms. The number of sulfone groups is 1. The van der Waals surface area contributed by atoms with Gasteiger partial charge in [0.05, 0.1) is 11.5 Å². The van der Waals surface area contributed by atoms with Gasteiger partial charge >= 0.3 is 0 Å². The molecule has 92 valence electrons. The molecule has 2 fully saturated rings. The van der Waals surface area contributed by atoms with Crippen molar-refractivity contribution in [2.45, 2.75) is 44.2 Å². The molecule has 1 heterocycles. The summed E-state index contributed by atoms with van der Waals surface area (Å²) in [5.41, 5.74) is 0. The van der Waals surface area contributed by atoms with Crippen LogP contribution in [0.3, 0.4) is 0 Å². The van der Waals surface area contributed by atoms with Crippen molar-refractivity contribution in [1.29, 1.82) is 0 Å². The molecule has 1 aliphatic heterocycles.